The molecule has 1 N–H and O–H groups in total. The van der Waals surface area contributed by atoms with Crippen LogP contribution in [0.2, 0.25) is 0 Å². The Morgan fingerprint density at radius 2 is 1.80 bits per heavy atom. The first-order chi connectivity index (χ1) is 19.5. The second kappa shape index (κ2) is 12.6. The maximum absolute atomic E-state index is 15.0. The molecule has 0 unspecified atom stereocenters. The molecule has 41 heavy (non-hydrogen) atoms. The van der Waals surface area contributed by atoms with Crippen LogP contribution in [0.15, 0.2) is 42.6 Å². The average molecular weight is 590 g/mol. The number of Topliss-reactive ketones (excluding diaryl/α,β-unsaturated/α-hetero) is 1. The molecule has 0 bridgehead atoms. The first-order valence-corrected chi connectivity index (χ1v) is 15.0. The fourth-order valence-corrected chi connectivity index (χ4v) is 6.86. The second-order valence-electron chi connectivity index (χ2n) is 9.93. The molecule has 220 valence electrons. The largest absolute Gasteiger partial charge is 0.361 e. The van der Waals surface area contributed by atoms with Gasteiger partial charge in [0.25, 0.3) is 0 Å². The summed E-state index contributed by atoms with van der Waals surface area (Å²) in [5.74, 6) is -1.88. The van der Waals surface area contributed by atoms with Gasteiger partial charge in [-0.15, -0.1) is 0 Å². The Bertz CT molecular complexity index is 1510. The predicted molar refractivity (Wildman–Crippen MR) is 150 cm³/mol. The minimum absolute atomic E-state index is 0.0521. The topological polar surface area (TPSA) is 107 Å². The summed E-state index contributed by atoms with van der Waals surface area (Å²) in [7, 11) is -3.71. The van der Waals surface area contributed by atoms with Gasteiger partial charge >= 0.3 is 7.60 Å². The average Bonchev–Trinajstić information content (AvgIpc) is 3.50. The Labute approximate surface area is 237 Å². The molecule has 0 radical (unpaired) electrons. The van der Waals surface area contributed by atoms with E-state index in [2.05, 4.69) is 5.32 Å². The number of hydrogen-bond acceptors (Lipinski definition) is 6. The van der Waals surface area contributed by atoms with Crippen LogP contribution in [0.3, 0.4) is 0 Å². The molecular weight excluding hydrogens is 555 g/mol. The third-order valence-electron chi connectivity index (χ3n) is 7.03. The lowest BCUT2D eigenvalue weighted by Crippen LogP contribution is -2.46. The van der Waals surface area contributed by atoms with Crippen molar-refractivity contribution in [2.45, 2.75) is 59.4 Å². The highest BCUT2D eigenvalue weighted by Gasteiger charge is 2.40. The Kier molecular flexibility index (Phi) is 9.41. The van der Waals surface area contributed by atoms with Gasteiger partial charge in [0.05, 0.1) is 25.1 Å². The summed E-state index contributed by atoms with van der Waals surface area (Å²) in [5.41, 5.74) is 1.38. The number of carbonyl (C=O) groups excluding carboxylic acids is 3. The molecule has 2 aromatic carbocycles. The Morgan fingerprint density at radius 3 is 2.46 bits per heavy atom. The zero-order chi connectivity index (χ0) is 29.9. The Balaban J connectivity index is 1.52. The molecule has 2 atom stereocenters. The number of aromatic nitrogens is 1. The molecule has 2 heterocycles. The highest BCUT2D eigenvalue weighted by atomic mass is 31.2. The van der Waals surface area contributed by atoms with Gasteiger partial charge in [-0.3, -0.25) is 18.9 Å². The molecule has 0 saturated carbocycles. The highest BCUT2D eigenvalue weighted by molar-refractivity contribution is 7.62. The van der Waals surface area contributed by atoms with Crippen LogP contribution in [-0.4, -0.2) is 59.0 Å². The van der Waals surface area contributed by atoms with Gasteiger partial charge in [0.15, 0.2) is 5.78 Å². The zero-order valence-electron chi connectivity index (χ0n) is 23.5. The Morgan fingerprint density at radius 1 is 1.12 bits per heavy atom. The van der Waals surface area contributed by atoms with E-state index in [1.807, 2.05) is 0 Å². The molecule has 1 aliphatic rings. The van der Waals surface area contributed by atoms with E-state index in [1.54, 1.807) is 48.9 Å². The van der Waals surface area contributed by atoms with Crippen molar-refractivity contribution in [2.75, 3.05) is 19.8 Å². The monoisotopic (exact) mass is 589 g/mol. The number of alkyl halides is 1. The Hall–Kier alpha value is -3.40. The van der Waals surface area contributed by atoms with E-state index in [0.717, 1.165) is 0 Å². The van der Waals surface area contributed by atoms with E-state index in [9.17, 15) is 27.7 Å². The van der Waals surface area contributed by atoms with Gasteiger partial charge in [-0.1, -0.05) is 18.2 Å². The molecule has 1 aromatic heterocycles. The van der Waals surface area contributed by atoms with Gasteiger partial charge in [-0.2, -0.15) is 0 Å². The number of rotatable bonds is 11. The molecule has 1 aliphatic heterocycles. The smallest absolute Gasteiger partial charge is 0.350 e. The maximum atomic E-state index is 15.0. The summed E-state index contributed by atoms with van der Waals surface area (Å²) in [6, 6.07) is 8.76. The van der Waals surface area contributed by atoms with Crippen LogP contribution in [0.25, 0.3) is 10.9 Å². The summed E-state index contributed by atoms with van der Waals surface area (Å²) < 4.78 is 55.1. The molecule has 3 aromatic rings. The quantitative estimate of drug-likeness (QED) is 0.262. The second-order valence-corrected chi connectivity index (χ2v) is 12.0. The molecule has 4 rings (SSSR count). The van der Waals surface area contributed by atoms with E-state index in [1.165, 1.54) is 30.9 Å². The number of amides is 2. The van der Waals surface area contributed by atoms with Gasteiger partial charge in [-0.05, 0) is 51.5 Å². The first kappa shape index (κ1) is 30.6. The van der Waals surface area contributed by atoms with Crippen molar-refractivity contribution in [1.29, 1.82) is 0 Å². The van der Waals surface area contributed by atoms with Crippen LogP contribution in [0.4, 0.5) is 8.78 Å². The number of ketones is 1. The molecule has 9 nitrogen and oxygen atoms in total. The van der Waals surface area contributed by atoms with Crippen LogP contribution < -0.4 is 10.6 Å². The third kappa shape index (κ3) is 6.42. The lowest BCUT2D eigenvalue weighted by Gasteiger charge is -2.24. The van der Waals surface area contributed by atoms with Crippen molar-refractivity contribution in [3.8, 4) is 0 Å². The normalized spacial score (nSPS) is 17.3. The number of likely N-dealkylation sites (tertiary alicyclic amines) is 1. The first-order valence-electron chi connectivity index (χ1n) is 13.5. The van der Waals surface area contributed by atoms with Crippen LogP contribution in [-0.2, 0) is 36.3 Å². The molecule has 0 spiro atoms. The summed E-state index contributed by atoms with van der Waals surface area (Å²) in [6.07, 6.45) is -0.0206. The van der Waals surface area contributed by atoms with E-state index < -0.39 is 37.4 Å². The van der Waals surface area contributed by atoms with Crippen molar-refractivity contribution in [3.63, 3.8) is 0 Å². The fraction of sp³-hybridized carbons (Fsp3) is 0.414. The van der Waals surface area contributed by atoms with Crippen molar-refractivity contribution in [1.82, 2.24) is 14.8 Å². The number of carbonyl (C=O) groups is 3. The lowest BCUT2D eigenvalue weighted by molar-refractivity contribution is -0.139. The SMILES string of the molecule is CCOP(=O)(OCC)c1cc(C)c(F)c(CNC(=O)[C@@H]2C[C@@H](F)CN2C(=O)Cn2cc(C(C)=O)c3ccccc32)c1. The van der Waals surface area contributed by atoms with Crippen molar-refractivity contribution >= 4 is 41.4 Å². The van der Waals surface area contributed by atoms with Gasteiger partial charge in [-0.25, -0.2) is 8.78 Å². The molecule has 1 fully saturated rings. The number of nitrogens with one attached hydrogen (secondary N) is 1. The van der Waals surface area contributed by atoms with E-state index in [4.69, 9.17) is 9.05 Å². The summed E-state index contributed by atoms with van der Waals surface area (Å²) in [4.78, 5) is 39.8. The maximum Gasteiger partial charge on any atom is 0.361 e. The van der Waals surface area contributed by atoms with E-state index >= 15 is 0 Å². The van der Waals surface area contributed by atoms with E-state index in [0.29, 0.717) is 16.5 Å². The number of benzene rings is 2. The van der Waals surface area contributed by atoms with Crippen LogP contribution >= 0.6 is 7.60 Å². The number of hydrogen-bond donors (Lipinski definition) is 1. The van der Waals surface area contributed by atoms with Crippen molar-refractivity contribution < 1.29 is 36.8 Å². The molecule has 12 heteroatoms. The fourth-order valence-electron chi connectivity index (χ4n) is 5.14. The number of fused-ring (bicyclic) bond motifs is 1. The van der Waals surface area contributed by atoms with E-state index in [-0.39, 0.29) is 61.5 Å². The molecular formula is C29H34F2N3O6P. The van der Waals surface area contributed by atoms with Gasteiger partial charge < -0.3 is 23.8 Å². The highest BCUT2D eigenvalue weighted by Crippen LogP contribution is 2.47. The van der Waals surface area contributed by atoms with Gasteiger partial charge in [0.1, 0.15) is 24.6 Å². The van der Waals surface area contributed by atoms with Crippen LogP contribution in [0.1, 0.15) is 48.7 Å². The summed E-state index contributed by atoms with van der Waals surface area (Å²) >= 11 is 0. The van der Waals surface area contributed by atoms with Crippen molar-refractivity contribution in [3.05, 3.63) is 65.1 Å². The zero-order valence-corrected chi connectivity index (χ0v) is 24.4. The summed E-state index contributed by atoms with van der Waals surface area (Å²) in [5, 5.41) is 3.47. The minimum atomic E-state index is -3.71. The number of halogens is 2. The van der Waals surface area contributed by atoms with Gasteiger partial charge in [0.2, 0.25) is 11.8 Å². The van der Waals surface area contributed by atoms with Crippen LogP contribution in [0.5, 0.6) is 0 Å². The molecule has 2 amide bonds. The number of nitrogens with zero attached hydrogens (tertiary/aromatic N) is 2. The lowest BCUT2D eigenvalue weighted by atomic mass is 10.1. The third-order valence-corrected chi connectivity index (χ3v) is 9.12. The summed E-state index contributed by atoms with van der Waals surface area (Å²) in [6.45, 7) is 5.77. The standard InChI is InChI=1S/C29H34F2N3O6P/c1-5-39-41(38,40-6-2)22-11-18(3)28(31)20(12-22)14-32-29(37)26-13-21(30)15-34(26)27(36)17-33-16-24(19(4)35)23-9-7-8-10-25(23)33/h7-12,16,21,26H,5-6,13-15,17H2,1-4H3,(H,32,37)/t21-,26+/m1/s1. The van der Waals surface area contributed by atoms with Gasteiger partial charge in [0, 0.05) is 41.2 Å². The number of aryl methyl sites for hydroxylation is 1. The minimum Gasteiger partial charge on any atom is -0.350 e. The van der Waals surface area contributed by atoms with Crippen LogP contribution in [0, 0.1) is 12.7 Å². The van der Waals surface area contributed by atoms with Crippen molar-refractivity contribution in [2.24, 2.45) is 0 Å². The number of para-hydroxylation sites is 1. The molecule has 1 saturated heterocycles. The predicted octanol–water partition coefficient (Wildman–Crippen LogP) is 4.44. The molecule has 0 aliphatic carbocycles.